The third-order valence-corrected chi connectivity index (χ3v) is 1.60. The van der Waals surface area contributed by atoms with E-state index in [0.717, 1.165) is 0 Å². The highest BCUT2D eigenvalue weighted by Gasteiger charge is 2.14. The van der Waals surface area contributed by atoms with E-state index in [1.165, 1.54) is 0 Å². The first-order chi connectivity index (χ1) is 6.47. The lowest BCUT2D eigenvalue weighted by atomic mass is 10.3. The van der Waals surface area contributed by atoms with Crippen molar-refractivity contribution in [2.45, 2.75) is 26.3 Å². The second kappa shape index (κ2) is 6.31. The molecule has 1 unspecified atom stereocenters. The number of hydrogen-bond acceptors (Lipinski definition) is 3. The van der Waals surface area contributed by atoms with E-state index in [1.54, 1.807) is 13.8 Å². The summed E-state index contributed by atoms with van der Waals surface area (Å²) in [5.41, 5.74) is 5.17. The van der Waals surface area contributed by atoms with Crippen LogP contribution in [0.15, 0.2) is 0 Å². The number of carbonyl (C=O) groups excluding carboxylic acids is 2. The van der Waals surface area contributed by atoms with Crippen LogP contribution in [-0.4, -0.2) is 29.4 Å². The molecule has 5 nitrogen and oxygen atoms in total. The van der Waals surface area contributed by atoms with Crippen LogP contribution in [0.1, 0.15) is 20.3 Å². The molecule has 0 aliphatic heterocycles. The Kier molecular flexibility index (Phi) is 5.78. The van der Waals surface area contributed by atoms with Crippen LogP contribution in [-0.2, 0) is 9.59 Å². The van der Waals surface area contributed by atoms with Crippen molar-refractivity contribution >= 4 is 29.0 Å². The maximum absolute atomic E-state index is 11.2. The molecule has 4 N–H and O–H groups in total. The first-order valence-electron chi connectivity index (χ1n) is 4.32. The zero-order valence-corrected chi connectivity index (χ0v) is 9.11. The number of hydrogen-bond donors (Lipinski definition) is 3. The van der Waals surface area contributed by atoms with E-state index in [1.807, 2.05) is 0 Å². The summed E-state index contributed by atoms with van der Waals surface area (Å²) in [6.45, 7) is 3.94. The third kappa shape index (κ3) is 5.47. The summed E-state index contributed by atoms with van der Waals surface area (Å²) in [6, 6.07) is -0.559. The van der Waals surface area contributed by atoms with Crippen LogP contribution in [0.2, 0.25) is 0 Å². The largest absolute Gasteiger partial charge is 0.393 e. The van der Waals surface area contributed by atoms with Gasteiger partial charge in [-0.1, -0.05) is 12.2 Å². The zero-order chi connectivity index (χ0) is 11.1. The van der Waals surface area contributed by atoms with Crippen molar-refractivity contribution in [3.8, 4) is 0 Å². The van der Waals surface area contributed by atoms with E-state index in [9.17, 15) is 9.59 Å². The minimum atomic E-state index is -0.559. The molecule has 0 saturated heterocycles. The number of amides is 2. The van der Waals surface area contributed by atoms with Crippen LogP contribution in [0.5, 0.6) is 0 Å². The lowest BCUT2D eigenvalue weighted by Gasteiger charge is -2.12. The quantitative estimate of drug-likeness (QED) is 0.532. The molecule has 0 bridgehead atoms. The standard InChI is InChI=1S/C8H15N3O2S/c1-3-10-8(13)5(2)11-7(12)4-6(9)14/h5H,3-4H2,1-2H3,(H2,9,14)(H,10,13)(H,11,12). The Hall–Kier alpha value is -1.17. The number of likely N-dealkylation sites (N-methyl/N-ethyl adjacent to an activating group) is 1. The van der Waals surface area contributed by atoms with Crippen molar-refractivity contribution in [1.82, 2.24) is 10.6 Å². The Morgan fingerprint density at radius 2 is 2.07 bits per heavy atom. The molecule has 0 aliphatic rings. The van der Waals surface area contributed by atoms with Crippen LogP contribution in [0.3, 0.4) is 0 Å². The normalized spacial score (nSPS) is 11.6. The van der Waals surface area contributed by atoms with Crippen molar-refractivity contribution in [2.75, 3.05) is 6.54 Å². The highest BCUT2D eigenvalue weighted by atomic mass is 32.1. The van der Waals surface area contributed by atoms with Gasteiger partial charge < -0.3 is 16.4 Å². The van der Waals surface area contributed by atoms with Crippen LogP contribution in [0.4, 0.5) is 0 Å². The van der Waals surface area contributed by atoms with E-state index >= 15 is 0 Å². The summed E-state index contributed by atoms with van der Waals surface area (Å²) in [7, 11) is 0. The third-order valence-electron chi connectivity index (χ3n) is 1.46. The minimum Gasteiger partial charge on any atom is -0.393 e. The fourth-order valence-electron chi connectivity index (χ4n) is 0.844. The second-order valence-electron chi connectivity index (χ2n) is 2.83. The first-order valence-corrected chi connectivity index (χ1v) is 4.73. The van der Waals surface area contributed by atoms with Crippen molar-refractivity contribution < 1.29 is 9.59 Å². The lowest BCUT2D eigenvalue weighted by Crippen LogP contribution is -2.45. The van der Waals surface area contributed by atoms with E-state index in [4.69, 9.17) is 5.73 Å². The summed E-state index contributed by atoms with van der Waals surface area (Å²) in [6.07, 6.45) is -0.0287. The predicted octanol–water partition coefficient (Wildman–Crippen LogP) is -0.697. The fraction of sp³-hybridized carbons (Fsp3) is 0.625. The molecule has 0 heterocycles. The highest BCUT2D eigenvalue weighted by Crippen LogP contribution is 1.86. The predicted molar refractivity (Wildman–Crippen MR) is 57.7 cm³/mol. The molecule has 14 heavy (non-hydrogen) atoms. The molecule has 2 amide bonds. The molecule has 0 aliphatic carbocycles. The van der Waals surface area contributed by atoms with Gasteiger partial charge in [-0.2, -0.15) is 0 Å². The van der Waals surface area contributed by atoms with Gasteiger partial charge in [0.05, 0.1) is 11.4 Å². The van der Waals surface area contributed by atoms with Crippen molar-refractivity contribution in [2.24, 2.45) is 5.73 Å². The molecular weight excluding hydrogens is 202 g/mol. The van der Waals surface area contributed by atoms with Crippen molar-refractivity contribution in [1.29, 1.82) is 0 Å². The van der Waals surface area contributed by atoms with Gasteiger partial charge in [0.25, 0.3) is 0 Å². The van der Waals surface area contributed by atoms with Gasteiger partial charge in [-0.25, -0.2) is 0 Å². The van der Waals surface area contributed by atoms with Crippen LogP contribution in [0, 0.1) is 0 Å². The summed E-state index contributed by atoms with van der Waals surface area (Å²) in [4.78, 5) is 22.4. The van der Waals surface area contributed by atoms with Crippen LogP contribution >= 0.6 is 12.2 Å². The monoisotopic (exact) mass is 217 g/mol. The maximum atomic E-state index is 11.2. The molecule has 0 aromatic heterocycles. The lowest BCUT2D eigenvalue weighted by molar-refractivity contribution is -0.127. The molecule has 0 radical (unpaired) electrons. The Morgan fingerprint density at radius 1 is 1.50 bits per heavy atom. The molecule has 80 valence electrons. The first kappa shape index (κ1) is 12.8. The van der Waals surface area contributed by atoms with Gasteiger partial charge in [0.1, 0.15) is 6.04 Å². The SMILES string of the molecule is CCNC(=O)C(C)NC(=O)CC(N)=S. The minimum absolute atomic E-state index is 0.0287. The van der Waals surface area contributed by atoms with Gasteiger partial charge in [0.15, 0.2) is 0 Å². The molecule has 0 aromatic carbocycles. The van der Waals surface area contributed by atoms with Gasteiger partial charge in [-0.15, -0.1) is 0 Å². The van der Waals surface area contributed by atoms with Crippen LogP contribution < -0.4 is 16.4 Å². The van der Waals surface area contributed by atoms with E-state index < -0.39 is 6.04 Å². The van der Waals surface area contributed by atoms with Gasteiger partial charge >= 0.3 is 0 Å². The van der Waals surface area contributed by atoms with Crippen molar-refractivity contribution in [3.63, 3.8) is 0 Å². The summed E-state index contributed by atoms with van der Waals surface area (Å²) < 4.78 is 0. The Balaban J connectivity index is 3.92. The number of thiocarbonyl (C=S) groups is 1. The number of nitrogens with one attached hydrogen (secondary N) is 2. The number of rotatable bonds is 5. The zero-order valence-electron chi connectivity index (χ0n) is 8.29. The molecule has 0 saturated carbocycles. The van der Waals surface area contributed by atoms with Gasteiger partial charge in [-0.3, -0.25) is 9.59 Å². The Labute approximate surface area is 88.4 Å². The summed E-state index contributed by atoms with van der Waals surface area (Å²) >= 11 is 4.56. The van der Waals surface area contributed by atoms with E-state index in [0.29, 0.717) is 6.54 Å². The molecule has 0 rings (SSSR count). The molecular formula is C8H15N3O2S. The van der Waals surface area contributed by atoms with Crippen molar-refractivity contribution in [3.05, 3.63) is 0 Å². The number of carbonyl (C=O) groups is 2. The molecule has 1 atom stereocenters. The Morgan fingerprint density at radius 3 is 2.50 bits per heavy atom. The molecule has 0 spiro atoms. The van der Waals surface area contributed by atoms with Gasteiger partial charge in [0, 0.05) is 6.54 Å². The van der Waals surface area contributed by atoms with Crippen LogP contribution in [0.25, 0.3) is 0 Å². The molecule has 0 aromatic rings. The molecule has 6 heteroatoms. The van der Waals surface area contributed by atoms with E-state index in [-0.39, 0.29) is 23.2 Å². The maximum Gasteiger partial charge on any atom is 0.242 e. The molecule has 0 fully saturated rings. The average Bonchev–Trinajstić information content (AvgIpc) is 2.02. The highest BCUT2D eigenvalue weighted by molar-refractivity contribution is 7.80. The number of nitrogens with two attached hydrogens (primary N) is 1. The Bertz CT molecular complexity index is 243. The van der Waals surface area contributed by atoms with Gasteiger partial charge in [-0.05, 0) is 13.8 Å². The topological polar surface area (TPSA) is 84.2 Å². The second-order valence-corrected chi connectivity index (χ2v) is 3.35. The summed E-state index contributed by atoms with van der Waals surface area (Å²) in [5.74, 6) is -0.556. The summed E-state index contributed by atoms with van der Waals surface area (Å²) in [5, 5.41) is 5.06. The smallest absolute Gasteiger partial charge is 0.242 e. The van der Waals surface area contributed by atoms with E-state index in [2.05, 4.69) is 22.9 Å². The average molecular weight is 217 g/mol. The fourth-order valence-corrected chi connectivity index (χ4v) is 0.975. The van der Waals surface area contributed by atoms with Gasteiger partial charge in [0.2, 0.25) is 11.8 Å².